The van der Waals surface area contributed by atoms with E-state index in [9.17, 15) is 0 Å². The molecule has 0 bridgehead atoms. The number of fused-ring (bicyclic) bond motifs is 6. The van der Waals surface area contributed by atoms with E-state index >= 15 is 0 Å². The second-order valence-corrected chi connectivity index (χ2v) is 17.7. The van der Waals surface area contributed by atoms with E-state index in [0.29, 0.717) is 0 Å². The fraction of sp³-hybridized carbons (Fsp3) is 0. The van der Waals surface area contributed by atoms with Crippen LogP contribution in [0, 0.1) is 0 Å². The number of nitrogens with zero attached hydrogens (tertiary/aromatic N) is 3. The first-order valence-corrected chi connectivity index (χ1v) is 23.8. The van der Waals surface area contributed by atoms with Crippen molar-refractivity contribution in [2.75, 3.05) is 9.80 Å². The van der Waals surface area contributed by atoms with E-state index in [-0.39, 0.29) is 0 Å². The van der Waals surface area contributed by atoms with Crippen LogP contribution in [0.2, 0.25) is 0 Å². The molecule has 11 aromatic carbocycles. The van der Waals surface area contributed by atoms with E-state index in [2.05, 4.69) is 287 Å². The minimum atomic E-state index is 0.800. The van der Waals surface area contributed by atoms with Crippen molar-refractivity contribution in [1.29, 1.82) is 0 Å². The normalized spacial score (nSPS) is 11.4. The van der Waals surface area contributed by atoms with Gasteiger partial charge in [0, 0.05) is 61.2 Å². The second-order valence-electron chi connectivity index (χ2n) is 17.7. The molecule has 0 radical (unpaired) electrons. The van der Waals surface area contributed by atoms with Gasteiger partial charge in [-0.25, -0.2) is 0 Å². The summed E-state index contributed by atoms with van der Waals surface area (Å²) in [6, 6.07) is 97.6. The van der Waals surface area contributed by atoms with Crippen LogP contribution in [0.15, 0.2) is 277 Å². The highest BCUT2D eigenvalue weighted by molar-refractivity contribution is 6.16. The van der Waals surface area contributed by atoms with Gasteiger partial charge in [-0.15, -0.1) is 0 Å². The Morgan fingerprint density at radius 1 is 0.271 bits per heavy atom. The van der Waals surface area contributed by atoms with Gasteiger partial charge in [-0.1, -0.05) is 188 Å². The minimum Gasteiger partial charge on any atom is -0.453 e. The van der Waals surface area contributed by atoms with Gasteiger partial charge in [0.1, 0.15) is 5.58 Å². The van der Waals surface area contributed by atoms with Crippen molar-refractivity contribution in [2.45, 2.75) is 0 Å². The number of hydrogen-bond acceptors (Lipinski definition) is 3. The molecule has 0 amide bonds. The minimum absolute atomic E-state index is 0.800. The van der Waals surface area contributed by atoms with Crippen molar-refractivity contribution in [1.82, 2.24) is 4.57 Å². The quantitative estimate of drug-likeness (QED) is 0.137. The summed E-state index contributed by atoms with van der Waals surface area (Å²) >= 11 is 0. The van der Waals surface area contributed by atoms with E-state index in [1.165, 1.54) is 33.0 Å². The van der Waals surface area contributed by atoms with E-state index < -0.39 is 0 Å². The molecule has 0 saturated heterocycles. The van der Waals surface area contributed by atoms with Gasteiger partial charge in [-0.05, 0) is 113 Å². The lowest BCUT2D eigenvalue weighted by Crippen LogP contribution is -2.13. The number of anilines is 6. The number of rotatable bonds is 10. The largest absolute Gasteiger partial charge is 0.453 e. The van der Waals surface area contributed by atoms with Gasteiger partial charge in [0.15, 0.2) is 5.58 Å². The van der Waals surface area contributed by atoms with Crippen LogP contribution in [0.25, 0.3) is 82.8 Å². The van der Waals surface area contributed by atoms with Crippen molar-refractivity contribution in [2.24, 2.45) is 0 Å². The molecule has 0 spiro atoms. The molecule has 2 aromatic heterocycles. The van der Waals surface area contributed by atoms with Crippen LogP contribution in [0.1, 0.15) is 0 Å². The summed E-state index contributed by atoms with van der Waals surface area (Å²) in [7, 11) is 0. The first-order valence-electron chi connectivity index (χ1n) is 23.8. The fourth-order valence-electron chi connectivity index (χ4n) is 10.3. The van der Waals surface area contributed by atoms with E-state index in [1.807, 2.05) is 0 Å². The topological polar surface area (TPSA) is 24.6 Å². The lowest BCUT2D eigenvalue weighted by molar-refractivity contribution is 0.670. The Labute approximate surface area is 406 Å². The highest BCUT2D eigenvalue weighted by Gasteiger charge is 2.25. The predicted molar refractivity (Wildman–Crippen MR) is 294 cm³/mol. The van der Waals surface area contributed by atoms with Crippen LogP contribution >= 0.6 is 0 Å². The highest BCUT2D eigenvalue weighted by Crippen LogP contribution is 2.49. The zero-order chi connectivity index (χ0) is 46.4. The molecule has 0 fully saturated rings. The monoisotopic (exact) mass is 895 g/mol. The third kappa shape index (κ3) is 7.18. The lowest BCUT2D eigenvalue weighted by atomic mass is 10.00. The average Bonchev–Trinajstić information content (AvgIpc) is 3.99. The third-order valence-corrected chi connectivity index (χ3v) is 13.6. The summed E-state index contributed by atoms with van der Waals surface area (Å²) in [5.41, 5.74) is 17.9. The first-order chi connectivity index (χ1) is 34.7. The third-order valence-electron chi connectivity index (χ3n) is 13.6. The van der Waals surface area contributed by atoms with Crippen molar-refractivity contribution < 1.29 is 4.42 Å². The van der Waals surface area contributed by atoms with Crippen molar-refractivity contribution >= 4 is 77.9 Å². The Kier molecular flexibility index (Phi) is 10.1. The number of aromatic nitrogens is 1. The zero-order valence-corrected chi connectivity index (χ0v) is 38.2. The standard InChI is InChI=1S/C66H45N3O/c1-6-19-46(20-7-1)48-33-38-54(39-34-48)67(51-23-10-3-11-24-51)56-44-61-60-31-18-30-57(50-37-42-59-58-29-16-17-32-62(58)69(63(59)43-50)53-27-14-5-15-28-53)65(60)70-66(61)64(45-56)68(52-25-12-4-13-26-52)55-40-35-49(36-41-55)47-21-8-2-9-22-47/h1-45H. The molecule has 0 aliphatic carbocycles. The van der Waals surface area contributed by atoms with Gasteiger partial charge in [0.05, 0.1) is 16.7 Å². The number of benzene rings is 11. The van der Waals surface area contributed by atoms with Crippen LogP contribution in [0.5, 0.6) is 0 Å². The SMILES string of the molecule is c1ccc(-c2ccc(N(c3ccccc3)c3cc(N(c4ccccc4)c4ccc(-c5ccccc5)cc4)c4oc5c(-c6ccc7c8ccccc8n(-c8ccccc8)c7c6)cccc5c4c3)cc2)cc1. The van der Waals surface area contributed by atoms with E-state index in [1.54, 1.807) is 0 Å². The van der Waals surface area contributed by atoms with Crippen LogP contribution in [-0.2, 0) is 0 Å². The molecular weight excluding hydrogens is 851 g/mol. The molecule has 4 heteroatoms. The second kappa shape index (κ2) is 17.4. The van der Waals surface area contributed by atoms with Crippen LogP contribution in [-0.4, -0.2) is 4.57 Å². The summed E-state index contributed by atoms with van der Waals surface area (Å²) < 4.78 is 9.79. The number of para-hydroxylation sites is 5. The Hall–Kier alpha value is -9.38. The van der Waals surface area contributed by atoms with Crippen molar-refractivity contribution in [3.8, 4) is 39.1 Å². The van der Waals surface area contributed by atoms with E-state index in [4.69, 9.17) is 4.42 Å². The molecule has 0 N–H and O–H groups in total. The molecule has 13 rings (SSSR count). The van der Waals surface area contributed by atoms with Gasteiger partial charge in [0.25, 0.3) is 0 Å². The summed E-state index contributed by atoms with van der Waals surface area (Å²) in [5, 5.41) is 4.50. The fourth-order valence-corrected chi connectivity index (χ4v) is 10.3. The Morgan fingerprint density at radius 3 is 1.37 bits per heavy atom. The van der Waals surface area contributed by atoms with Crippen LogP contribution in [0.3, 0.4) is 0 Å². The molecule has 70 heavy (non-hydrogen) atoms. The molecule has 4 nitrogen and oxygen atoms in total. The molecule has 0 aliphatic heterocycles. The molecule has 2 heterocycles. The van der Waals surface area contributed by atoms with Gasteiger partial charge in [-0.2, -0.15) is 0 Å². The van der Waals surface area contributed by atoms with Crippen LogP contribution < -0.4 is 9.80 Å². The zero-order valence-electron chi connectivity index (χ0n) is 38.2. The van der Waals surface area contributed by atoms with E-state index in [0.717, 1.165) is 84.0 Å². The smallest absolute Gasteiger partial charge is 0.159 e. The summed E-state index contributed by atoms with van der Waals surface area (Å²) in [6.07, 6.45) is 0. The Balaban J connectivity index is 1.06. The summed E-state index contributed by atoms with van der Waals surface area (Å²) in [6.45, 7) is 0. The summed E-state index contributed by atoms with van der Waals surface area (Å²) in [4.78, 5) is 4.70. The molecule has 0 saturated carbocycles. The molecule has 330 valence electrons. The molecular formula is C66H45N3O. The molecule has 0 atom stereocenters. The molecule has 0 unspecified atom stereocenters. The first kappa shape index (κ1) is 40.9. The van der Waals surface area contributed by atoms with Gasteiger partial charge >= 0.3 is 0 Å². The molecule has 13 aromatic rings. The van der Waals surface area contributed by atoms with Gasteiger partial charge in [0.2, 0.25) is 0 Å². The van der Waals surface area contributed by atoms with Crippen molar-refractivity contribution in [3.63, 3.8) is 0 Å². The van der Waals surface area contributed by atoms with Crippen molar-refractivity contribution in [3.05, 3.63) is 273 Å². The average molecular weight is 896 g/mol. The maximum atomic E-state index is 7.42. The maximum absolute atomic E-state index is 7.42. The predicted octanol–water partition coefficient (Wildman–Crippen LogP) is 18.6. The number of furan rings is 1. The highest BCUT2D eigenvalue weighted by atomic mass is 16.3. The van der Waals surface area contributed by atoms with Gasteiger partial charge < -0.3 is 18.8 Å². The lowest BCUT2D eigenvalue weighted by Gasteiger charge is -2.29. The van der Waals surface area contributed by atoms with Crippen LogP contribution in [0.4, 0.5) is 34.1 Å². The summed E-state index contributed by atoms with van der Waals surface area (Å²) in [5.74, 6) is 0. The maximum Gasteiger partial charge on any atom is 0.159 e. The molecule has 0 aliphatic rings. The van der Waals surface area contributed by atoms with Gasteiger partial charge in [-0.3, -0.25) is 0 Å². The Morgan fingerprint density at radius 2 is 0.743 bits per heavy atom. The number of hydrogen-bond donors (Lipinski definition) is 0. The Bertz CT molecular complexity index is 3960.